The zero-order chi connectivity index (χ0) is 28.2. The molecule has 0 spiro atoms. The van der Waals surface area contributed by atoms with Crippen molar-refractivity contribution in [2.45, 2.75) is 113 Å². The molecule has 0 bridgehead atoms. The third kappa shape index (κ3) is 9.48. The highest BCUT2D eigenvalue weighted by atomic mass is 16.7. The van der Waals surface area contributed by atoms with Crippen molar-refractivity contribution in [2.75, 3.05) is 13.2 Å². The Kier molecular flexibility index (Phi) is 14.0. The van der Waals surface area contributed by atoms with E-state index in [9.17, 15) is 45.3 Å². The number of carbonyl (C=O) groups excluding carboxylic acids is 2. The average Bonchev–Trinajstić information content (AvgIpc) is 2.89. The molecule has 38 heavy (non-hydrogen) atoms. The number of rotatable bonds is 15. The average molecular weight is 553 g/mol. The minimum absolute atomic E-state index is 0.115. The summed E-state index contributed by atoms with van der Waals surface area (Å²) in [5.41, 5.74) is 0. The Labute approximate surface area is 220 Å². The summed E-state index contributed by atoms with van der Waals surface area (Å²) >= 11 is 0. The van der Waals surface area contributed by atoms with Gasteiger partial charge in [0.05, 0.1) is 12.9 Å². The van der Waals surface area contributed by atoms with E-state index in [0.717, 1.165) is 31.9 Å². The van der Waals surface area contributed by atoms with Gasteiger partial charge >= 0.3 is 11.9 Å². The molecule has 7 N–H and O–H groups in total. The summed E-state index contributed by atoms with van der Waals surface area (Å²) in [5, 5.41) is 69.9. The van der Waals surface area contributed by atoms with Gasteiger partial charge in [0, 0.05) is 12.8 Å². The summed E-state index contributed by atoms with van der Waals surface area (Å²) in [7, 11) is 0. The van der Waals surface area contributed by atoms with Crippen LogP contribution in [0.3, 0.4) is 0 Å². The fourth-order valence-electron chi connectivity index (χ4n) is 4.20. The molecule has 0 aromatic heterocycles. The Morgan fingerprint density at radius 1 is 0.737 bits per heavy atom. The highest BCUT2D eigenvalue weighted by Gasteiger charge is 2.50. The van der Waals surface area contributed by atoms with Crippen LogP contribution in [0.15, 0.2) is 12.8 Å². The second-order valence-electron chi connectivity index (χ2n) is 9.31. The van der Waals surface area contributed by atoms with Crippen molar-refractivity contribution in [3.05, 3.63) is 12.8 Å². The lowest BCUT2D eigenvalue weighted by molar-refractivity contribution is -0.355. The Morgan fingerprint density at radius 2 is 1.34 bits per heavy atom. The van der Waals surface area contributed by atoms with E-state index >= 15 is 0 Å². The maximum Gasteiger partial charge on any atom is 0.310 e. The van der Waals surface area contributed by atoms with Gasteiger partial charge in [-0.05, 0) is 12.8 Å². The van der Waals surface area contributed by atoms with Crippen LogP contribution >= 0.6 is 0 Å². The Bertz CT molecular complexity index is 733. The summed E-state index contributed by atoms with van der Waals surface area (Å²) in [6.45, 7) is 2.14. The zero-order valence-electron chi connectivity index (χ0n) is 21.1. The van der Waals surface area contributed by atoms with Gasteiger partial charge in [-0.3, -0.25) is 9.59 Å². The van der Waals surface area contributed by atoms with E-state index in [-0.39, 0.29) is 12.4 Å². The normalized spacial score (nSPS) is 35.4. The van der Waals surface area contributed by atoms with Gasteiger partial charge in [-0.1, -0.05) is 32.3 Å². The molecular weight excluding hydrogens is 512 g/mol. The molecule has 2 saturated heterocycles. The van der Waals surface area contributed by atoms with Crippen molar-refractivity contribution in [1.82, 2.24) is 0 Å². The number of carbonyl (C=O) groups is 2. The Hall–Kier alpha value is -1.72. The zero-order valence-corrected chi connectivity index (χ0v) is 21.1. The molecule has 2 aliphatic rings. The highest BCUT2D eigenvalue weighted by Crippen LogP contribution is 2.28. The maximum absolute atomic E-state index is 12.1. The van der Waals surface area contributed by atoms with Crippen LogP contribution in [-0.4, -0.2) is 122 Å². The van der Waals surface area contributed by atoms with Crippen molar-refractivity contribution in [1.29, 1.82) is 0 Å². The van der Waals surface area contributed by atoms with Crippen molar-refractivity contribution in [2.24, 2.45) is 0 Å². The van der Waals surface area contributed by atoms with E-state index in [1.54, 1.807) is 0 Å². The van der Waals surface area contributed by atoms with Crippen molar-refractivity contribution >= 4 is 11.9 Å². The monoisotopic (exact) mass is 552 g/mol. The first-order valence-electron chi connectivity index (χ1n) is 12.7. The van der Waals surface area contributed by atoms with Gasteiger partial charge in [0.15, 0.2) is 12.6 Å². The number of hydrogen-bond acceptors (Lipinski definition) is 14. The van der Waals surface area contributed by atoms with Gasteiger partial charge in [0.1, 0.15) is 55.4 Å². The molecule has 0 aliphatic carbocycles. The minimum Gasteiger partial charge on any atom is -0.463 e. The number of unbranched alkanes of at least 4 members (excludes halogenated alkanes) is 5. The summed E-state index contributed by atoms with van der Waals surface area (Å²) in [4.78, 5) is 23.3. The molecule has 0 aromatic carbocycles. The van der Waals surface area contributed by atoms with Crippen molar-refractivity contribution in [3.8, 4) is 0 Å². The molecule has 0 radical (unpaired) electrons. The van der Waals surface area contributed by atoms with E-state index in [1.807, 2.05) is 0 Å². The first-order chi connectivity index (χ1) is 18.1. The van der Waals surface area contributed by atoms with Crippen molar-refractivity contribution in [3.63, 3.8) is 0 Å². The van der Waals surface area contributed by atoms with Gasteiger partial charge < -0.3 is 59.4 Å². The molecular formula is C24H40O14. The molecule has 0 saturated carbocycles. The van der Waals surface area contributed by atoms with Crippen LogP contribution in [0.25, 0.3) is 0 Å². The fraction of sp³-hybridized carbons (Fsp3) is 0.833. The van der Waals surface area contributed by atoms with E-state index in [0.29, 0.717) is 19.3 Å². The largest absolute Gasteiger partial charge is 0.463 e. The molecule has 2 heterocycles. The third-order valence-electron chi connectivity index (χ3n) is 6.43. The van der Waals surface area contributed by atoms with E-state index in [1.165, 1.54) is 0 Å². The van der Waals surface area contributed by atoms with Crippen LogP contribution in [0, 0.1) is 0 Å². The lowest BCUT2D eigenvalue weighted by Gasteiger charge is -2.45. The Morgan fingerprint density at radius 3 is 1.95 bits per heavy atom. The van der Waals surface area contributed by atoms with Gasteiger partial charge in [0.25, 0.3) is 0 Å². The van der Waals surface area contributed by atoms with Crippen molar-refractivity contribution < 1.29 is 69.0 Å². The molecule has 220 valence electrons. The van der Waals surface area contributed by atoms with Crippen LogP contribution in [0.1, 0.15) is 51.4 Å². The first kappa shape index (κ1) is 32.5. The van der Waals surface area contributed by atoms with E-state index in [2.05, 4.69) is 11.3 Å². The molecule has 0 aromatic rings. The predicted octanol–water partition coefficient (Wildman–Crippen LogP) is -2.04. The number of esters is 2. The second kappa shape index (κ2) is 16.4. The second-order valence-corrected chi connectivity index (χ2v) is 9.31. The van der Waals surface area contributed by atoms with Crippen LogP contribution in [0.5, 0.6) is 0 Å². The summed E-state index contributed by atoms with van der Waals surface area (Å²) in [6.07, 6.45) is -9.99. The third-order valence-corrected chi connectivity index (χ3v) is 6.43. The summed E-state index contributed by atoms with van der Waals surface area (Å²) in [6, 6.07) is 0. The predicted molar refractivity (Wildman–Crippen MR) is 126 cm³/mol. The molecule has 14 heteroatoms. The first-order valence-corrected chi connectivity index (χ1v) is 12.7. The minimum atomic E-state index is -1.79. The lowest BCUT2D eigenvalue weighted by Crippen LogP contribution is -2.64. The molecule has 14 nitrogen and oxygen atoms in total. The standard InChI is InChI=1S/C24H40O14/c1-2-34-15(26)9-7-5-3-4-6-8-10-16(27)35-12-14-17(28)18(29)21(32)24(37-14)38-22-13(11-25)36-23(33)20(31)19(22)30/h2,13-14,17-25,28-33H,1,3-12H2/t13-,14-,17+,18+,19-,20-,21-,22-,23-,24+/m1/s1. The SMILES string of the molecule is C=COC(=O)CCCCCCCCC(=O)OC[C@H]1O[C@@H](O[C@H]2[C@H](O)[C@@H](O)[C@H](O)O[C@@H]2CO)[C@H](O)[C@@H](O)[C@H]1O. The number of ether oxygens (including phenoxy) is 5. The van der Waals surface area contributed by atoms with Gasteiger partial charge in [0.2, 0.25) is 0 Å². The smallest absolute Gasteiger partial charge is 0.310 e. The topological polar surface area (TPSA) is 222 Å². The van der Waals surface area contributed by atoms with Crippen LogP contribution in [-0.2, 0) is 33.3 Å². The quantitative estimate of drug-likeness (QED) is 0.0661. The molecule has 2 rings (SSSR count). The van der Waals surface area contributed by atoms with Crippen LogP contribution in [0.2, 0.25) is 0 Å². The molecule has 0 amide bonds. The number of hydrogen-bond donors (Lipinski definition) is 7. The highest BCUT2D eigenvalue weighted by molar-refractivity contribution is 5.70. The van der Waals surface area contributed by atoms with E-state index in [4.69, 9.17) is 18.9 Å². The van der Waals surface area contributed by atoms with Gasteiger partial charge in [-0.25, -0.2) is 0 Å². The Balaban J connectivity index is 1.74. The van der Waals surface area contributed by atoms with Crippen LogP contribution < -0.4 is 0 Å². The van der Waals surface area contributed by atoms with Gasteiger partial charge in [-0.15, -0.1) is 0 Å². The maximum atomic E-state index is 12.1. The molecule has 2 aliphatic heterocycles. The number of aliphatic hydroxyl groups excluding tert-OH is 7. The fourth-order valence-corrected chi connectivity index (χ4v) is 4.20. The molecule has 2 fully saturated rings. The van der Waals surface area contributed by atoms with E-state index < -0.39 is 80.6 Å². The molecule has 10 atom stereocenters. The van der Waals surface area contributed by atoms with Crippen LogP contribution in [0.4, 0.5) is 0 Å². The molecule has 0 unspecified atom stereocenters. The lowest BCUT2D eigenvalue weighted by atomic mass is 9.97. The number of aliphatic hydroxyl groups is 7. The summed E-state index contributed by atoms with van der Waals surface area (Å²) in [5.74, 6) is -0.872. The van der Waals surface area contributed by atoms with Gasteiger partial charge in [-0.2, -0.15) is 0 Å². The summed E-state index contributed by atoms with van der Waals surface area (Å²) < 4.78 is 25.7.